The molecule has 0 saturated carbocycles. The number of aryl methyl sites for hydroxylation is 1. The van der Waals surface area contributed by atoms with E-state index in [1.807, 2.05) is 6.07 Å². The Morgan fingerprint density at radius 1 is 1.08 bits per heavy atom. The van der Waals surface area contributed by atoms with Gasteiger partial charge in [0.1, 0.15) is 18.8 Å². The molecule has 0 atom stereocenters. The van der Waals surface area contributed by atoms with Crippen molar-refractivity contribution in [3.8, 4) is 17.0 Å². The van der Waals surface area contributed by atoms with Gasteiger partial charge in [-0.15, -0.1) is 0 Å². The Hall–Kier alpha value is -2.89. The van der Waals surface area contributed by atoms with E-state index in [1.54, 1.807) is 24.7 Å². The smallest absolute Gasteiger partial charge is 0.214 e. The molecule has 0 saturated heterocycles. The number of halogens is 1. The molecule has 24 heavy (non-hydrogen) atoms. The highest BCUT2D eigenvalue weighted by molar-refractivity contribution is 5.68. The maximum atomic E-state index is 13.7. The number of hydrogen-bond donors (Lipinski definition) is 0. The second-order valence-electron chi connectivity index (χ2n) is 5.67. The highest BCUT2D eigenvalue weighted by atomic mass is 19.1. The first-order valence-corrected chi connectivity index (χ1v) is 7.80. The van der Waals surface area contributed by atoms with Gasteiger partial charge in [0.15, 0.2) is 0 Å². The summed E-state index contributed by atoms with van der Waals surface area (Å²) in [5, 5.41) is 0. The normalized spacial score (nSPS) is 12.9. The number of fused-ring (bicyclic) bond motifs is 1. The molecule has 0 fully saturated rings. The largest absolute Gasteiger partial charge is 0.473 e. The fraction of sp³-hybridized carbons (Fsp3) is 0.222. The molecule has 0 unspecified atom stereocenters. The molecule has 0 aromatic carbocycles. The van der Waals surface area contributed by atoms with E-state index in [4.69, 9.17) is 4.74 Å². The van der Waals surface area contributed by atoms with Crippen LogP contribution in [0.5, 0.6) is 5.88 Å². The topological polar surface area (TPSA) is 60.8 Å². The highest BCUT2D eigenvalue weighted by Crippen LogP contribution is 2.33. The zero-order valence-corrected chi connectivity index (χ0v) is 12.9. The second-order valence-corrected chi connectivity index (χ2v) is 5.67. The van der Waals surface area contributed by atoms with Crippen molar-refractivity contribution in [1.82, 2.24) is 19.9 Å². The molecule has 1 aliphatic carbocycles. The third-order valence-corrected chi connectivity index (χ3v) is 4.13. The molecule has 0 N–H and O–H groups in total. The molecular weight excluding hydrogens is 307 g/mol. The van der Waals surface area contributed by atoms with Gasteiger partial charge in [-0.25, -0.2) is 19.3 Å². The van der Waals surface area contributed by atoms with Gasteiger partial charge in [-0.3, -0.25) is 4.98 Å². The molecule has 3 aromatic heterocycles. The van der Waals surface area contributed by atoms with Crippen LogP contribution in [0, 0.1) is 5.82 Å². The Balaban J connectivity index is 1.66. The first-order valence-electron chi connectivity index (χ1n) is 7.80. The van der Waals surface area contributed by atoms with Crippen LogP contribution in [0.15, 0.2) is 43.2 Å². The fourth-order valence-electron chi connectivity index (χ4n) is 2.96. The predicted octanol–water partition coefficient (Wildman–Crippen LogP) is 3.14. The van der Waals surface area contributed by atoms with Gasteiger partial charge < -0.3 is 4.74 Å². The number of pyridine rings is 2. The summed E-state index contributed by atoms with van der Waals surface area (Å²) in [4.78, 5) is 16.5. The molecule has 4 rings (SSSR count). The zero-order chi connectivity index (χ0) is 16.4. The van der Waals surface area contributed by atoms with Crippen molar-refractivity contribution in [1.29, 1.82) is 0 Å². The fourth-order valence-corrected chi connectivity index (χ4v) is 2.96. The second kappa shape index (κ2) is 6.31. The standard InChI is InChI=1S/C18H15FN4O/c19-16-9-20-5-4-12(16)10-24-18-6-15(13-7-21-11-22-8-13)14-2-1-3-17(14)23-18/h4-9,11H,1-3,10H2. The van der Waals surface area contributed by atoms with E-state index in [2.05, 4.69) is 19.9 Å². The van der Waals surface area contributed by atoms with Crippen LogP contribution in [-0.4, -0.2) is 19.9 Å². The van der Waals surface area contributed by atoms with Gasteiger partial charge in [-0.1, -0.05) is 0 Å². The third kappa shape index (κ3) is 2.82. The summed E-state index contributed by atoms with van der Waals surface area (Å²) < 4.78 is 19.4. The van der Waals surface area contributed by atoms with Crippen LogP contribution in [0.25, 0.3) is 11.1 Å². The molecule has 120 valence electrons. The van der Waals surface area contributed by atoms with Crippen LogP contribution >= 0.6 is 0 Å². The van der Waals surface area contributed by atoms with Crippen molar-refractivity contribution in [2.24, 2.45) is 0 Å². The average molecular weight is 322 g/mol. The number of nitrogens with zero attached hydrogens (tertiary/aromatic N) is 4. The van der Waals surface area contributed by atoms with Crippen molar-refractivity contribution < 1.29 is 9.13 Å². The monoisotopic (exact) mass is 322 g/mol. The molecular formula is C18H15FN4O. The summed E-state index contributed by atoms with van der Waals surface area (Å²) in [6, 6.07) is 3.50. The van der Waals surface area contributed by atoms with E-state index in [-0.39, 0.29) is 12.4 Å². The van der Waals surface area contributed by atoms with Crippen LogP contribution in [-0.2, 0) is 19.4 Å². The van der Waals surface area contributed by atoms with Crippen LogP contribution < -0.4 is 4.74 Å². The minimum atomic E-state index is -0.379. The Morgan fingerprint density at radius 3 is 2.79 bits per heavy atom. The lowest BCUT2D eigenvalue weighted by molar-refractivity contribution is 0.287. The van der Waals surface area contributed by atoms with Crippen molar-refractivity contribution in [2.75, 3.05) is 0 Å². The number of hydrogen-bond acceptors (Lipinski definition) is 5. The molecule has 3 heterocycles. The van der Waals surface area contributed by atoms with E-state index < -0.39 is 0 Å². The minimum Gasteiger partial charge on any atom is -0.473 e. The molecule has 6 heteroatoms. The molecule has 0 radical (unpaired) electrons. The SMILES string of the molecule is Fc1cnccc1COc1cc(-c2cncnc2)c2c(n1)CCC2. The summed E-state index contributed by atoms with van der Waals surface area (Å²) in [5.74, 6) is 0.112. The van der Waals surface area contributed by atoms with Crippen LogP contribution in [0.2, 0.25) is 0 Å². The molecule has 0 spiro atoms. The molecule has 0 bridgehead atoms. The third-order valence-electron chi connectivity index (χ3n) is 4.13. The van der Waals surface area contributed by atoms with Crippen LogP contribution in [0.3, 0.4) is 0 Å². The Kier molecular flexibility index (Phi) is 3.86. The van der Waals surface area contributed by atoms with E-state index in [9.17, 15) is 4.39 Å². The molecule has 1 aliphatic rings. The van der Waals surface area contributed by atoms with Gasteiger partial charge in [0.05, 0.1) is 6.20 Å². The highest BCUT2D eigenvalue weighted by Gasteiger charge is 2.20. The Bertz CT molecular complexity index is 870. The molecule has 0 aliphatic heterocycles. The minimum absolute atomic E-state index is 0.116. The predicted molar refractivity (Wildman–Crippen MR) is 85.8 cm³/mol. The summed E-state index contributed by atoms with van der Waals surface area (Å²) in [5.41, 5.74) is 4.71. The van der Waals surface area contributed by atoms with Crippen molar-refractivity contribution in [3.63, 3.8) is 0 Å². The first kappa shape index (κ1) is 14.7. The van der Waals surface area contributed by atoms with E-state index in [1.165, 1.54) is 18.1 Å². The summed E-state index contributed by atoms with van der Waals surface area (Å²) in [7, 11) is 0. The lowest BCUT2D eigenvalue weighted by atomic mass is 10.0. The zero-order valence-electron chi connectivity index (χ0n) is 12.9. The van der Waals surface area contributed by atoms with E-state index in [0.29, 0.717) is 11.4 Å². The van der Waals surface area contributed by atoms with Crippen molar-refractivity contribution >= 4 is 0 Å². The van der Waals surface area contributed by atoms with Gasteiger partial charge in [0.25, 0.3) is 0 Å². The van der Waals surface area contributed by atoms with Gasteiger partial charge in [0, 0.05) is 41.5 Å². The summed E-state index contributed by atoms with van der Waals surface area (Å²) in [6.45, 7) is 0.116. The number of ether oxygens (including phenoxy) is 1. The van der Waals surface area contributed by atoms with Gasteiger partial charge in [-0.2, -0.15) is 0 Å². The van der Waals surface area contributed by atoms with Crippen LogP contribution in [0.4, 0.5) is 4.39 Å². The van der Waals surface area contributed by atoms with Crippen molar-refractivity contribution in [3.05, 3.63) is 65.9 Å². The van der Waals surface area contributed by atoms with Crippen LogP contribution in [0.1, 0.15) is 23.2 Å². The Labute approximate surface area is 138 Å². The van der Waals surface area contributed by atoms with Crippen molar-refractivity contribution in [2.45, 2.75) is 25.9 Å². The molecule has 5 nitrogen and oxygen atoms in total. The maximum Gasteiger partial charge on any atom is 0.214 e. The van der Waals surface area contributed by atoms with Gasteiger partial charge >= 0.3 is 0 Å². The lowest BCUT2D eigenvalue weighted by Gasteiger charge is -2.12. The quantitative estimate of drug-likeness (QED) is 0.738. The summed E-state index contributed by atoms with van der Waals surface area (Å²) in [6.07, 6.45) is 10.8. The average Bonchev–Trinajstić information content (AvgIpc) is 3.09. The first-order chi connectivity index (χ1) is 11.8. The maximum absolute atomic E-state index is 13.7. The van der Waals surface area contributed by atoms with E-state index in [0.717, 1.165) is 36.1 Å². The lowest BCUT2D eigenvalue weighted by Crippen LogP contribution is -2.03. The van der Waals surface area contributed by atoms with Gasteiger partial charge in [-0.05, 0) is 36.5 Å². The molecule has 0 amide bonds. The Morgan fingerprint density at radius 2 is 1.96 bits per heavy atom. The number of rotatable bonds is 4. The van der Waals surface area contributed by atoms with E-state index >= 15 is 0 Å². The summed E-state index contributed by atoms with van der Waals surface area (Å²) >= 11 is 0. The number of aromatic nitrogens is 4. The van der Waals surface area contributed by atoms with Gasteiger partial charge in [0.2, 0.25) is 5.88 Å². The molecule has 3 aromatic rings.